The second kappa shape index (κ2) is 5.06. The zero-order valence-electron chi connectivity index (χ0n) is 8.59. The highest BCUT2D eigenvalue weighted by molar-refractivity contribution is 5.54. The Morgan fingerprint density at radius 1 is 1.06 bits per heavy atom. The van der Waals surface area contributed by atoms with Crippen molar-refractivity contribution in [2.24, 2.45) is 0 Å². The van der Waals surface area contributed by atoms with Crippen LogP contribution in [0.1, 0.15) is 5.56 Å². The van der Waals surface area contributed by atoms with E-state index in [-0.39, 0.29) is 6.61 Å². The summed E-state index contributed by atoms with van der Waals surface area (Å²) < 4.78 is 0. The van der Waals surface area contributed by atoms with E-state index < -0.39 is 0 Å². The Hall–Kier alpha value is -2.18. The molecule has 3 heteroatoms. The molecule has 0 aliphatic carbocycles. The molecule has 0 saturated heterocycles. The molecular formula is C13H10N2O. The van der Waals surface area contributed by atoms with Crippen molar-refractivity contribution in [1.29, 1.82) is 0 Å². The van der Waals surface area contributed by atoms with Crippen LogP contribution in [0.2, 0.25) is 0 Å². The van der Waals surface area contributed by atoms with E-state index in [1.54, 1.807) is 12.4 Å². The van der Waals surface area contributed by atoms with E-state index in [1.165, 1.54) is 0 Å². The van der Waals surface area contributed by atoms with Gasteiger partial charge in [-0.15, -0.1) is 0 Å². The van der Waals surface area contributed by atoms with Gasteiger partial charge in [-0.25, -0.2) is 9.97 Å². The summed E-state index contributed by atoms with van der Waals surface area (Å²) in [7, 11) is 0. The average Bonchev–Trinajstić information content (AvgIpc) is 2.38. The zero-order chi connectivity index (χ0) is 11.2. The van der Waals surface area contributed by atoms with Crippen LogP contribution in [0.5, 0.6) is 0 Å². The minimum Gasteiger partial charge on any atom is -0.384 e. The molecule has 1 aromatic carbocycles. The highest BCUT2D eigenvalue weighted by atomic mass is 16.2. The molecule has 0 amide bonds. The van der Waals surface area contributed by atoms with E-state index in [9.17, 15) is 0 Å². The maximum absolute atomic E-state index is 8.55. The fourth-order valence-corrected chi connectivity index (χ4v) is 1.27. The minimum absolute atomic E-state index is 0.152. The van der Waals surface area contributed by atoms with Crippen LogP contribution in [-0.2, 0) is 0 Å². The summed E-state index contributed by atoms with van der Waals surface area (Å²) in [6.07, 6.45) is 3.30. The van der Waals surface area contributed by atoms with E-state index in [0.29, 0.717) is 11.4 Å². The Morgan fingerprint density at radius 2 is 1.75 bits per heavy atom. The number of rotatable bonds is 1. The third-order valence-corrected chi connectivity index (χ3v) is 2.00. The molecule has 78 valence electrons. The van der Waals surface area contributed by atoms with Crippen molar-refractivity contribution >= 4 is 0 Å². The van der Waals surface area contributed by atoms with Crippen molar-refractivity contribution < 1.29 is 5.11 Å². The van der Waals surface area contributed by atoms with Crippen molar-refractivity contribution in [1.82, 2.24) is 9.97 Å². The van der Waals surface area contributed by atoms with Crippen molar-refractivity contribution in [2.45, 2.75) is 0 Å². The van der Waals surface area contributed by atoms with Crippen LogP contribution < -0.4 is 0 Å². The molecule has 3 nitrogen and oxygen atoms in total. The van der Waals surface area contributed by atoms with Crippen LogP contribution >= 0.6 is 0 Å². The number of nitrogens with zero attached hydrogens (tertiary/aromatic N) is 2. The Labute approximate surface area is 93.8 Å². The molecule has 0 aliphatic heterocycles. The van der Waals surface area contributed by atoms with Gasteiger partial charge in [0.1, 0.15) is 6.61 Å². The first-order valence-electron chi connectivity index (χ1n) is 4.87. The summed E-state index contributed by atoms with van der Waals surface area (Å²) in [4.78, 5) is 8.41. The van der Waals surface area contributed by atoms with Gasteiger partial charge in [-0.2, -0.15) is 0 Å². The first-order valence-corrected chi connectivity index (χ1v) is 4.87. The van der Waals surface area contributed by atoms with Crippen LogP contribution in [0.4, 0.5) is 0 Å². The van der Waals surface area contributed by atoms with Crippen molar-refractivity contribution in [3.05, 3.63) is 48.3 Å². The number of aromatic nitrogens is 2. The third kappa shape index (κ3) is 2.44. The van der Waals surface area contributed by atoms with Crippen LogP contribution in [0.15, 0.2) is 42.7 Å². The molecular weight excluding hydrogens is 200 g/mol. The first-order chi connectivity index (χ1) is 7.90. The quantitative estimate of drug-likeness (QED) is 0.725. The summed E-state index contributed by atoms with van der Waals surface area (Å²) in [5.74, 6) is 5.97. The lowest BCUT2D eigenvalue weighted by Gasteiger charge is -1.98. The number of hydrogen-bond acceptors (Lipinski definition) is 3. The van der Waals surface area contributed by atoms with E-state index in [2.05, 4.69) is 21.8 Å². The van der Waals surface area contributed by atoms with Gasteiger partial charge in [0.05, 0.1) is 5.56 Å². The predicted octanol–water partition coefficient (Wildman–Crippen LogP) is 1.49. The maximum atomic E-state index is 8.55. The normalized spacial score (nSPS) is 9.31. The molecule has 0 spiro atoms. The molecule has 0 aliphatic rings. The molecule has 0 saturated carbocycles. The summed E-state index contributed by atoms with van der Waals surface area (Å²) in [5.41, 5.74) is 1.68. The molecule has 1 heterocycles. The lowest BCUT2D eigenvalue weighted by molar-refractivity contribution is 0.350. The predicted molar refractivity (Wildman–Crippen MR) is 61.4 cm³/mol. The van der Waals surface area contributed by atoms with Gasteiger partial charge in [0.25, 0.3) is 0 Å². The van der Waals surface area contributed by atoms with Gasteiger partial charge in [0.2, 0.25) is 0 Å². The second-order valence-electron chi connectivity index (χ2n) is 3.12. The fraction of sp³-hybridized carbons (Fsp3) is 0.0769. The molecule has 1 aromatic heterocycles. The Balaban J connectivity index is 2.26. The van der Waals surface area contributed by atoms with Crippen molar-refractivity contribution in [3.63, 3.8) is 0 Å². The lowest BCUT2D eigenvalue weighted by atomic mass is 10.2. The smallest absolute Gasteiger partial charge is 0.159 e. The van der Waals surface area contributed by atoms with Gasteiger partial charge < -0.3 is 5.11 Å². The maximum Gasteiger partial charge on any atom is 0.159 e. The number of aliphatic hydroxyl groups is 1. The molecule has 0 bridgehead atoms. The first kappa shape index (κ1) is 10.3. The van der Waals surface area contributed by atoms with Crippen LogP contribution in [0.3, 0.4) is 0 Å². The van der Waals surface area contributed by atoms with Gasteiger partial charge in [0.15, 0.2) is 5.82 Å². The molecule has 0 radical (unpaired) electrons. The van der Waals surface area contributed by atoms with E-state index >= 15 is 0 Å². The largest absolute Gasteiger partial charge is 0.384 e. The monoisotopic (exact) mass is 210 g/mol. The zero-order valence-corrected chi connectivity index (χ0v) is 8.59. The molecule has 0 unspecified atom stereocenters. The van der Waals surface area contributed by atoms with Crippen LogP contribution in [0, 0.1) is 11.8 Å². The van der Waals surface area contributed by atoms with Gasteiger partial charge in [-0.3, -0.25) is 0 Å². The Kier molecular flexibility index (Phi) is 3.27. The molecule has 0 atom stereocenters. The molecule has 2 aromatic rings. The molecule has 16 heavy (non-hydrogen) atoms. The highest BCUT2D eigenvalue weighted by Gasteiger charge is 1.98. The van der Waals surface area contributed by atoms with E-state index in [4.69, 9.17) is 5.11 Å². The standard InChI is InChI=1S/C13H10N2O/c16-8-4-5-11-9-14-13(15-10-11)12-6-2-1-3-7-12/h1-3,6-7,9-10,16H,8H2. The van der Waals surface area contributed by atoms with Gasteiger partial charge in [-0.05, 0) is 0 Å². The Morgan fingerprint density at radius 3 is 2.38 bits per heavy atom. The molecule has 1 N–H and O–H groups in total. The van der Waals surface area contributed by atoms with Gasteiger partial charge in [0, 0.05) is 18.0 Å². The van der Waals surface area contributed by atoms with Gasteiger partial charge >= 0.3 is 0 Å². The van der Waals surface area contributed by atoms with Gasteiger partial charge in [-0.1, -0.05) is 42.2 Å². The topological polar surface area (TPSA) is 46.0 Å². The van der Waals surface area contributed by atoms with Crippen LogP contribution in [0.25, 0.3) is 11.4 Å². The average molecular weight is 210 g/mol. The SMILES string of the molecule is OCC#Cc1cnc(-c2ccccc2)nc1. The number of aliphatic hydroxyl groups excluding tert-OH is 1. The molecule has 2 rings (SSSR count). The van der Waals surface area contributed by atoms with Crippen LogP contribution in [-0.4, -0.2) is 21.7 Å². The second-order valence-corrected chi connectivity index (χ2v) is 3.12. The fourth-order valence-electron chi connectivity index (χ4n) is 1.27. The Bertz CT molecular complexity index is 509. The van der Waals surface area contributed by atoms with Crippen molar-refractivity contribution in [2.75, 3.05) is 6.61 Å². The number of hydrogen-bond donors (Lipinski definition) is 1. The summed E-state index contributed by atoms with van der Waals surface area (Å²) >= 11 is 0. The minimum atomic E-state index is -0.152. The number of benzene rings is 1. The van der Waals surface area contributed by atoms with Crippen molar-refractivity contribution in [3.8, 4) is 23.2 Å². The van der Waals surface area contributed by atoms with E-state index in [0.717, 1.165) is 5.56 Å². The highest BCUT2D eigenvalue weighted by Crippen LogP contribution is 2.12. The third-order valence-electron chi connectivity index (χ3n) is 2.00. The summed E-state index contributed by atoms with van der Waals surface area (Å²) in [6.45, 7) is -0.152. The summed E-state index contributed by atoms with van der Waals surface area (Å²) in [6, 6.07) is 9.74. The van der Waals surface area contributed by atoms with E-state index in [1.807, 2.05) is 30.3 Å². The lowest BCUT2D eigenvalue weighted by Crippen LogP contribution is -1.89. The summed E-state index contributed by atoms with van der Waals surface area (Å²) in [5, 5.41) is 8.55. The molecule has 0 fully saturated rings.